The third-order valence-corrected chi connectivity index (χ3v) is 4.27. The largest absolute Gasteiger partial charge is 0.377 e. The maximum absolute atomic E-state index is 11.0. The molecule has 0 saturated carbocycles. The van der Waals surface area contributed by atoms with E-state index in [2.05, 4.69) is 15.3 Å². The Labute approximate surface area is 125 Å². The molecule has 0 bridgehead atoms. The fourth-order valence-corrected chi connectivity index (χ4v) is 3.22. The van der Waals surface area contributed by atoms with Crippen LogP contribution in [0, 0.1) is 0 Å². The summed E-state index contributed by atoms with van der Waals surface area (Å²) in [4.78, 5) is 13.5. The standard InChI is InChI=1S/C15H24N4O2/c1-12(20)16-15-6-8-19(17-15)13-5-7-18(10-13)11-14-4-2-3-9-21-14/h6,8,13-14H,2-5,7,9-11H2,1H3,(H,16,17,20)/t13-,14+/m0/s1. The van der Waals surface area contributed by atoms with E-state index in [1.807, 2.05) is 16.9 Å². The van der Waals surface area contributed by atoms with E-state index in [0.29, 0.717) is 18.0 Å². The molecule has 1 N–H and O–H groups in total. The van der Waals surface area contributed by atoms with Crippen molar-refractivity contribution in [2.45, 2.75) is 44.8 Å². The minimum atomic E-state index is -0.0808. The Kier molecular flexibility index (Phi) is 4.55. The van der Waals surface area contributed by atoms with Crippen molar-refractivity contribution in [3.8, 4) is 0 Å². The first-order valence-electron chi connectivity index (χ1n) is 7.87. The number of amides is 1. The first kappa shape index (κ1) is 14.5. The van der Waals surface area contributed by atoms with Crippen LogP contribution in [0.3, 0.4) is 0 Å². The monoisotopic (exact) mass is 292 g/mol. The zero-order valence-corrected chi connectivity index (χ0v) is 12.6. The second-order valence-corrected chi connectivity index (χ2v) is 6.05. The number of nitrogens with zero attached hydrogens (tertiary/aromatic N) is 3. The molecule has 3 heterocycles. The lowest BCUT2D eigenvalue weighted by atomic mass is 10.1. The molecule has 21 heavy (non-hydrogen) atoms. The highest BCUT2D eigenvalue weighted by atomic mass is 16.5. The number of anilines is 1. The zero-order valence-electron chi connectivity index (χ0n) is 12.6. The van der Waals surface area contributed by atoms with Crippen LogP contribution < -0.4 is 5.32 Å². The van der Waals surface area contributed by atoms with Gasteiger partial charge in [-0.15, -0.1) is 0 Å². The van der Waals surface area contributed by atoms with Crippen LogP contribution in [0.1, 0.15) is 38.6 Å². The molecule has 0 aromatic carbocycles. The Morgan fingerprint density at radius 3 is 3.14 bits per heavy atom. The normalized spacial score (nSPS) is 26.9. The number of nitrogens with one attached hydrogen (secondary N) is 1. The molecule has 1 aromatic heterocycles. The van der Waals surface area contributed by atoms with Gasteiger partial charge in [-0.3, -0.25) is 14.4 Å². The highest BCUT2D eigenvalue weighted by molar-refractivity contribution is 5.87. The molecule has 0 radical (unpaired) electrons. The number of hydrogen-bond donors (Lipinski definition) is 1. The molecule has 2 atom stereocenters. The summed E-state index contributed by atoms with van der Waals surface area (Å²) in [5.74, 6) is 0.555. The molecule has 0 spiro atoms. The minimum absolute atomic E-state index is 0.0808. The summed E-state index contributed by atoms with van der Waals surface area (Å²) in [6.45, 7) is 5.57. The molecule has 1 amide bonds. The molecular weight excluding hydrogens is 268 g/mol. The van der Waals surface area contributed by atoms with Crippen molar-refractivity contribution in [1.29, 1.82) is 0 Å². The van der Waals surface area contributed by atoms with Crippen molar-refractivity contribution < 1.29 is 9.53 Å². The van der Waals surface area contributed by atoms with Gasteiger partial charge in [0.1, 0.15) is 0 Å². The summed E-state index contributed by atoms with van der Waals surface area (Å²) < 4.78 is 7.80. The molecule has 3 rings (SSSR count). The summed E-state index contributed by atoms with van der Waals surface area (Å²) in [6.07, 6.45) is 7.16. The number of rotatable bonds is 4. The molecule has 116 valence electrons. The van der Waals surface area contributed by atoms with Crippen LogP contribution in [0.2, 0.25) is 0 Å². The summed E-state index contributed by atoms with van der Waals surface area (Å²) in [5.41, 5.74) is 0. The van der Waals surface area contributed by atoms with E-state index in [-0.39, 0.29) is 5.91 Å². The first-order valence-corrected chi connectivity index (χ1v) is 7.87. The molecule has 2 saturated heterocycles. The lowest BCUT2D eigenvalue weighted by molar-refractivity contribution is -0.114. The van der Waals surface area contributed by atoms with E-state index in [9.17, 15) is 4.79 Å². The number of likely N-dealkylation sites (tertiary alicyclic amines) is 1. The van der Waals surface area contributed by atoms with Gasteiger partial charge >= 0.3 is 0 Å². The van der Waals surface area contributed by atoms with Crippen LogP contribution in [-0.4, -0.2) is 52.9 Å². The van der Waals surface area contributed by atoms with Gasteiger partial charge in [0.15, 0.2) is 5.82 Å². The molecule has 6 heteroatoms. The van der Waals surface area contributed by atoms with Crippen LogP contribution in [0.25, 0.3) is 0 Å². The molecule has 2 aliphatic heterocycles. The van der Waals surface area contributed by atoms with Gasteiger partial charge in [-0.05, 0) is 25.7 Å². The van der Waals surface area contributed by atoms with Crippen molar-refractivity contribution >= 4 is 11.7 Å². The van der Waals surface area contributed by atoms with Crippen LogP contribution in [0.15, 0.2) is 12.3 Å². The van der Waals surface area contributed by atoms with E-state index >= 15 is 0 Å². The Balaban J connectivity index is 1.51. The molecule has 0 unspecified atom stereocenters. The molecule has 2 aliphatic rings. The average Bonchev–Trinajstić information content (AvgIpc) is 3.08. The van der Waals surface area contributed by atoms with Gasteiger partial charge < -0.3 is 10.1 Å². The van der Waals surface area contributed by atoms with E-state index in [0.717, 1.165) is 32.7 Å². The number of aromatic nitrogens is 2. The molecule has 0 aliphatic carbocycles. The number of ether oxygens (including phenoxy) is 1. The summed E-state index contributed by atoms with van der Waals surface area (Å²) in [6, 6.07) is 2.25. The van der Waals surface area contributed by atoms with Gasteiger partial charge in [0, 0.05) is 45.4 Å². The second-order valence-electron chi connectivity index (χ2n) is 6.05. The van der Waals surface area contributed by atoms with Crippen LogP contribution in [-0.2, 0) is 9.53 Å². The Morgan fingerprint density at radius 2 is 2.38 bits per heavy atom. The van der Waals surface area contributed by atoms with Crippen LogP contribution in [0.5, 0.6) is 0 Å². The van der Waals surface area contributed by atoms with Gasteiger partial charge in [0.2, 0.25) is 5.91 Å². The van der Waals surface area contributed by atoms with Crippen molar-refractivity contribution in [3.05, 3.63) is 12.3 Å². The number of hydrogen-bond acceptors (Lipinski definition) is 4. The molecular formula is C15H24N4O2. The Hall–Kier alpha value is -1.40. The SMILES string of the molecule is CC(=O)Nc1ccn([C@H]2CCN(C[C@H]3CCCCO3)C2)n1. The predicted octanol–water partition coefficient (Wildman–Crippen LogP) is 1.66. The molecule has 1 aromatic rings. The van der Waals surface area contributed by atoms with Gasteiger partial charge in [0.25, 0.3) is 0 Å². The summed E-state index contributed by atoms with van der Waals surface area (Å²) >= 11 is 0. The maximum atomic E-state index is 11.0. The van der Waals surface area contributed by atoms with Crippen molar-refractivity contribution in [2.75, 3.05) is 31.6 Å². The second kappa shape index (κ2) is 6.58. The smallest absolute Gasteiger partial charge is 0.222 e. The van der Waals surface area contributed by atoms with Gasteiger partial charge in [0.05, 0.1) is 12.1 Å². The number of carbonyl (C=O) groups is 1. The molecule has 2 fully saturated rings. The van der Waals surface area contributed by atoms with Crippen molar-refractivity contribution in [1.82, 2.24) is 14.7 Å². The summed E-state index contributed by atoms with van der Waals surface area (Å²) in [7, 11) is 0. The predicted molar refractivity (Wildman–Crippen MR) is 80.2 cm³/mol. The zero-order chi connectivity index (χ0) is 14.7. The fourth-order valence-electron chi connectivity index (χ4n) is 3.22. The average molecular weight is 292 g/mol. The quantitative estimate of drug-likeness (QED) is 0.917. The van der Waals surface area contributed by atoms with Gasteiger partial charge in [-0.1, -0.05) is 0 Å². The van der Waals surface area contributed by atoms with E-state index < -0.39 is 0 Å². The third-order valence-electron chi connectivity index (χ3n) is 4.27. The summed E-state index contributed by atoms with van der Waals surface area (Å²) in [5, 5.41) is 7.16. The van der Waals surface area contributed by atoms with E-state index in [1.165, 1.54) is 26.2 Å². The first-order chi connectivity index (χ1) is 10.2. The van der Waals surface area contributed by atoms with Crippen LogP contribution >= 0.6 is 0 Å². The van der Waals surface area contributed by atoms with Gasteiger partial charge in [-0.2, -0.15) is 5.10 Å². The molecule has 6 nitrogen and oxygen atoms in total. The Bertz CT molecular complexity index is 482. The highest BCUT2D eigenvalue weighted by Crippen LogP contribution is 2.23. The minimum Gasteiger partial charge on any atom is -0.377 e. The van der Waals surface area contributed by atoms with Crippen molar-refractivity contribution in [2.24, 2.45) is 0 Å². The van der Waals surface area contributed by atoms with Crippen molar-refractivity contribution in [3.63, 3.8) is 0 Å². The Morgan fingerprint density at radius 1 is 1.48 bits per heavy atom. The number of carbonyl (C=O) groups excluding carboxylic acids is 1. The highest BCUT2D eigenvalue weighted by Gasteiger charge is 2.27. The topological polar surface area (TPSA) is 59.4 Å². The fraction of sp³-hybridized carbons (Fsp3) is 0.733. The lowest BCUT2D eigenvalue weighted by Crippen LogP contribution is -2.34. The van der Waals surface area contributed by atoms with E-state index in [1.54, 1.807) is 0 Å². The maximum Gasteiger partial charge on any atom is 0.222 e. The third kappa shape index (κ3) is 3.83. The lowest BCUT2D eigenvalue weighted by Gasteiger charge is -2.27. The van der Waals surface area contributed by atoms with Gasteiger partial charge in [-0.25, -0.2) is 0 Å². The van der Waals surface area contributed by atoms with E-state index in [4.69, 9.17) is 4.74 Å². The van der Waals surface area contributed by atoms with Crippen LogP contribution in [0.4, 0.5) is 5.82 Å².